The fourth-order valence-corrected chi connectivity index (χ4v) is 1.06. The monoisotopic (exact) mass is 202 g/mol. The van der Waals surface area contributed by atoms with Crippen LogP contribution in [-0.4, -0.2) is 19.5 Å². The van der Waals surface area contributed by atoms with E-state index in [1.807, 2.05) is 0 Å². The van der Waals surface area contributed by atoms with Crippen LogP contribution in [0.4, 0.5) is 13.2 Å². The molecule has 0 unspecified atom stereocenters. The lowest BCUT2D eigenvalue weighted by atomic mass is 10.5. The van der Waals surface area contributed by atoms with Gasteiger partial charge in [0.1, 0.15) is 5.52 Å². The molecule has 0 aliphatic rings. The van der Waals surface area contributed by atoms with E-state index in [2.05, 4.69) is 15.0 Å². The molecule has 4 nitrogen and oxygen atoms in total. The molecule has 74 valence electrons. The van der Waals surface area contributed by atoms with E-state index in [1.54, 1.807) is 7.05 Å². The highest BCUT2D eigenvalue weighted by molar-refractivity contribution is 5.69. The molecule has 2 aromatic rings. The second-order valence-electron chi connectivity index (χ2n) is 2.76. The third-order valence-electron chi connectivity index (χ3n) is 1.71. The lowest BCUT2D eigenvalue weighted by Crippen LogP contribution is -2.11. The topological polar surface area (TPSA) is 43.6 Å². The summed E-state index contributed by atoms with van der Waals surface area (Å²) in [6, 6.07) is 0. The Morgan fingerprint density at radius 1 is 1.29 bits per heavy atom. The van der Waals surface area contributed by atoms with E-state index in [1.165, 1.54) is 10.9 Å². The van der Waals surface area contributed by atoms with E-state index in [0.29, 0.717) is 5.52 Å². The number of alkyl halides is 3. The number of aromatic nitrogens is 4. The number of hydrogen-bond acceptors (Lipinski definition) is 3. The van der Waals surface area contributed by atoms with Crippen molar-refractivity contribution >= 4 is 11.2 Å². The van der Waals surface area contributed by atoms with Gasteiger partial charge in [-0.2, -0.15) is 13.2 Å². The van der Waals surface area contributed by atoms with Crippen molar-refractivity contribution in [3.05, 3.63) is 18.3 Å². The minimum atomic E-state index is -4.52. The Hall–Kier alpha value is -1.66. The van der Waals surface area contributed by atoms with E-state index < -0.39 is 12.0 Å². The maximum Gasteiger partial charge on any atom is 0.451 e. The minimum absolute atomic E-state index is 0.173. The third kappa shape index (κ3) is 1.30. The van der Waals surface area contributed by atoms with E-state index in [4.69, 9.17) is 0 Å². The molecule has 2 aromatic heterocycles. The zero-order chi connectivity index (χ0) is 10.3. The first-order valence-electron chi connectivity index (χ1n) is 3.70. The molecular formula is C7H5F3N4. The Morgan fingerprint density at radius 2 is 2.00 bits per heavy atom. The van der Waals surface area contributed by atoms with Crippen molar-refractivity contribution in [2.45, 2.75) is 6.18 Å². The van der Waals surface area contributed by atoms with Gasteiger partial charge in [0.25, 0.3) is 0 Å². The number of rotatable bonds is 0. The Kier molecular flexibility index (Phi) is 1.70. The quantitative estimate of drug-likeness (QED) is 0.648. The summed E-state index contributed by atoms with van der Waals surface area (Å²) in [5.41, 5.74) is 0.521. The number of aryl methyl sites for hydroxylation is 1. The van der Waals surface area contributed by atoms with Gasteiger partial charge < -0.3 is 4.57 Å². The van der Waals surface area contributed by atoms with Gasteiger partial charge in [0.15, 0.2) is 5.65 Å². The molecule has 0 fully saturated rings. The van der Waals surface area contributed by atoms with Crippen molar-refractivity contribution in [3.63, 3.8) is 0 Å². The van der Waals surface area contributed by atoms with Crippen LogP contribution in [0.25, 0.3) is 11.2 Å². The van der Waals surface area contributed by atoms with Crippen LogP contribution in [0.1, 0.15) is 5.82 Å². The SMILES string of the molecule is Cn1cnc2cnc(C(F)(F)F)nc21. The number of fused-ring (bicyclic) bond motifs is 1. The number of hydrogen-bond donors (Lipinski definition) is 0. The Balaban J connectivity index is 2.66. The molecule has 0 saturated carbocycles. The van der Waals surface area contributed by atoms with Crippen molar-refractivity contribution in [3.8, 4) is 0 Å². The minimum Gasteiger partial charge on any atom is -0.318 e. The molecule has 0 amide bonds. The molecule has 0 N–H and O–H groups in total. The predicted octanol–water partition coefficient (Wildman–Crippen LogP) is 1.38. The van der Waals surface area contributed by atoms with Crippen molar-refractivity contribution in [1.82, 2.24) is 19.5 Å². The smallest absolute Gasteiger partial charge is 0.318 e. The first kappa shape index (κ1) is 8.92. The highest BCUT2D eigenvalue weighted by Gasteiger charge is 2.34. The van der Waals surface area contributed by atoms with Gasteiger partial charge in [-0.1, -0.05) is 0 Å². The average molecular weight is 202 g/mol. The van der Waals surface area contributed by atoms with Crippen LogP contribution in [0.5, 0.6) is 0 Å². The van der Waals surface area contributed by atoms with Crippen molar-refractivity contribution in [1.29, 1.82) is 0 Å². The van der Waals surface area contributed by atoms with Crippen LogP contribution in [0.15, 0.2) is 12.5 Å². The molecule has 14 heavy (non-hydrogen) atoms. The molecule has 0 radical (unpaired) electrons. The number of imidazole rings is 1. The first-order valence-corrected chi connectivity index (χ1v) is 3.70. The van der Waals surface area contributed by atoms with Gasteiger partial charge in [-0.3, -0.25) is 0 Å². The van der Waals surface area contributed by atoms with Gasteiger partial charge >= 0.3 is 6.18 Å². The predicted molar refractivity (Wildman–Crippen MR) is 41.3 cm³/mol. The lowest BCUT2D eigenvalue weighted by molar-refractivity contribution is -0.144. The standard InChI is InChI=1S/C7H5F3N4/c1-14-3-12-4-2-11-6(7(8,9)10)13-5(4)14/h2-3H,1H3. The second-order valence-corrected chi connectivity index (χ2v) is 2.76. The molecule has 0 saturated heterocycles. The molecule has 0 aliphatic carbocycles. The molecule has 2 heterocycles. The van der Waals surface area contributed by atoms with Crippen LogP contribution >= 0.6 is 0 Å². The van der Waals surface area contributed by atoms with Gasteiger partial charge in [-0.05, 0) is 0 Å². The average Bonchev–Trinajstić information content (AvgIpc) is 2.46. The third-order valence-corrected chi connectivity index (χ3v) is 1.71. The van der Waals surface area contributed by atoms with Gasteiger partial charge in [0.05, 0.1) is 12.5 Å². The second kappa shape index (κ2) is 2.66. The van der Waals surface area contributed by atoms with Gasteiger partial charge in [0, 0.05) is 7.05 Å². The fourth-order valence-electron chi connectivity index (χ4n) is 1.06. The molecule has 0 aliphatic heterocycles. The zero-order valence-corrected chi connectivity index (χ0v) is 7.08. The van der Waals surface area contributed by atoms with Crippen molar-refractivity contribution < 1.29 is 13.2 Å². The summed E-state index contributed by atoms with van der Waals surface area (Å²) in [5.74, 6) is -1.14. The first-order chi connectivity index (χ1) is 6.48. The van der Waals surface area contributed by atoms with Crippen LogP contribution in [0.3, 0.4) is 0 Å². The highest BCUT2D eigenvalue weighted by Crippen LogP contribution is 2.26. The maximum atomic E-state index is 12.2. The summed E-state index contributed by atoms with van der Waals surface area (Å²) < 4.78 is 38.0. The molecule has 0 spiro atoms. The Morgan fingerprint density at radius 3 is 2.64 bits per heavy atom. The van der Waals surface area contributed by atoms with E-state index in [0.717, 1.165) is 6.20 Å². The maximum absolute atomic E-state index is 12.2. The molecular weight excluding hydrogens is 197 g/mol. The Labute approximate surface area is 76.4 Å². The van der Waals surface area contributed by atoms with Gasteiger partial charge in [-0.15, -0.1) is 0 Å². The van der Waals surface area contributed by atoms with Gasteiger partial charge in [0.2, 0.25) is 5.82 Å². The zero-order valence-electron chi connectivity index (χ0n) is 7.08. The van der Waals surface area contributed by atoms with E-state index in [-0.39, 0.29) is 5.65 Å². The van der Waals surface area contributed by atoms with E-state index >= 15 is 0 Å². The number of nitrogens with zero attached hydrogens (tertiary/aromatic N) is 4. The normalized spacial score (nSPS) is 12.3. The van der Waals surface area contributed by atoms with Crippen LogP contribution in [0, 0.1) is 0 Å². The Bertz CT molecular complexity index is 473. The summed E-state index contributed by atoms with van der Waals surface area (Å²) in [6.07, 6.45) is -2.07. The van der Waals surface area contributed by atoms with Crippen LogP contribution in [0.2, 0.25) is 0 Å². The summed E-state index contributed by atoms with van der Waals surface area (Å²) in [6.45, 7) is 0. The van der Waals surface area contributed by atoms with Gasteiger partial charge in [-0.25, -0.2) is 15.0 Å². The van der Waals surface area contributed by atoms with Crippen molar-refractivity contribution in [2.24, 2.45) is 7.05 Å². The lowest BCUT2D eigenvalue weighted by Gasteiger charge is -2.03. The fraction of sp³-hybridized carbons (Fsp3) is 0.286. The van der Waals surface area contributed by atoms with Crippen LogP contribution in [-0.2, 0) is 13.2 Å². The summed E-state index contributed by atoms with van der Waals surface area (Å²) in [5, 5.41) is 0. The van der Waals surface area contributed by atoms with E-state index in [9.17, 15) is 13.2 Å². The summed E-state index contributed by atoms with van der Waals surface area (Å²) in [7, 11) is 1.57. The highest BCUT2D eigenvalue weighted by atomic mass is 19.4. The molecule has 0 bridgehead atoms. The largest absolute Gasteiger partial charge is 0.451 e. The van der Waals surface area contributed by atoms with Crippen molar-refractivity contribution in [2.75, 3.05) is 0 Å². The van der Waals surface area contributed by atoms with Crippen LogP contribution < -0.4 is 0 Å². The summed E-state index contributed by atoms with van der Waals surface area (Å²) in [4.78, 5) is 10.4. The molecule has 0 aromatic carbocycles. The molecule has 0 atom stereocenters. The molecule has 2 rings (SSSR count). The number of halogens is 3. The molecule has 7 heteroatoms. The summed E-state index contributed by atoms with van der Waals surface area (Å²) >= 11 is 0.